The molecule has 0 saturated carbocycles. The normalized spacial score (nSPS) is 14.8. The van der Waals surface area contributed by atoms with E-state index in [0.717, 1.165) is 11.3 Å². The Bertz CT molecular complexity index is 936. The summed E-state index contributed by atoms with van der Waals surface area (Å²) in [7, 11) is -3.63. The maximum absolute atomic E-state index is 12.4. The van der Waals surface area contributed by atoms with Crippen molar-refractivity contribution in [2.75, 3.05) is 11.4 Å². The molecule has 0 aliphatic carbocycles. The zero-order chi connectivity index (χ0) is 19.4. The molecule has 1 aliphatic heterocycles. The third-order valence-electron chi connectivity index (χ3n) is 4.47. The summed E-state index contributed by atoms with van der Waals surface area (Å²) in [6.07, 6.45) is 1.88. The monoisotopic (exact) mass is 386 g/mol. The van der Waals surface area contributed by atoms with E-state index in [1.54, 1.807) is 0 Å². The Balaban J connectivity index is 1.58. The second-order valence-corrected chi connectivity index (χ2v) is 8.37. The van der Waals surface area contributed by atoms with E-state index in [9.17, 15) is 18.0 Å². The molecule has 0 bridgehead atoms. The smallest absolute Gasteiger partial charge is 0.240 e. The van der Waals surface area contributed by atoms with Gasteiger partial charge in [0.25, 0.3) is 0 Å². The second-order valence-electron chi connectivity index (χ2n) is 6.61. The number of sulfonamides is 1. The molecule has 0 spiro atoms. The van der Waals surface area contributed by atoms with Crippen LogP contribution in [0.15, 0.2) is 53.4 Å². The van der Waals surface area contributed by atoms with E-state index in [2.05, 4.69) is 10.8 Å². The van der Waals surface area contributed by atoms with Crippen LogP contribution >= 0.6 is 0 Å². The summed E-state index contributed by atoms with van der Waals surface area (Å²) >= 11 is 0. The van der Waals surface area contributed by atoms with Gasteiger partial charge in [-0.1, -0.05) is 29.8 Å². The van der Waals surface area contributed by atoms with Crippen LogP contribution in [0.4, 0.5) is 5.69 Å². The van der Waals surface area contributed by atoms with Crippen LogP contribution in [-0.4, -0.2) is 26.8 Å². The SMILES string of the molecule is Cc1cccc(CCCNS(=O)(=O)c2ccc(N3C(=O)CCC3=O)cc2)c1. The average molecular weight is 386 g/mol. The summed E-state index contributed by atoms with van der Waals surface area (Å²) in [6.45, 7) is 2.36. The van der Waals surface area contributed by atoms with E-state index in [-0.39, 0.29) is 29.6 Å². The first-order chi connectivity index (χ1) is 12.9. The Morgan fingerprint density at radius 2 is 1.67 bits per heavy atom. The number of nitrogens with one attached hydrogen (secondary N) is 1. The lowest BCUT2D eigenvalue weighted by molar-refractivity contribution is -0.121. The largest absolute Gasteiger partial charge is 0.274 e. The molecule has 0 aromatic heterocycles. The summed E-state index contributed by atoms with van der Waals surface area (Å²) in [4.78, 5) is 24.7. The van der Waals surface area contributed by atoms with Gasteiger partial charge < -0.3 is 0 Å². The molecule has 2 aromatic carbocycles. The van der Waals surface area contributed by atoms with Crippen molar-refractivity contribution in [1.29, 1.82) is 0 Å². The molecule has 27 heavy (non-hydrogen) atoms. The lowest BCUT2D eigenvalue weighted by atomic mass is 10.1. The number of amides is 2. The molecule has 6 nitrogen and oxygen atoms in total. The van der Waals surface area contributed by atoms with Crippen molar-refractivity contribution >= 4 is 27.5 Å². The van der Waals surface area contributed by atoms with Crippen molar-refractivity contribution in [3.8, 4) is 0 Å². The minimum absolute atomic E-state index is 0.112. The number of anilines is 1. The minimum atomic E-state index is -3.63. The number of nitrogens with zero attached hydrogens (tertiary/aromatic N) is 1. The lowest BCUT2D eigenvalue weighted by Gasteiger charge is -2.14. The molecule has 3 rings (SSSR count). The number of benzene rings is 2. The molecule has 1 heterocycles. The number of aryl methyl sites for hydroxylation is 2. The Morgan fingerprint density at radius 3 is 2.30 bits per heavy atom. The van der Waals surface area contributed by atoms with Crippen LogP contribution in [-0.2, 0) is 26.0 Å². The van der Waals surface area contributed by atoms with E-state index in [1.807, 2.05) is 25.1 Å². The van der Waals surface area contributed by atoms with Gasteiger partial charge in [0.15, 0.2) is 0 Å². The number of imide groups is 1. The molecule has 1 aliphatic rings. The van der Waals surface area contributed by atoms with Gasteiger partial charge in [-0.3, -0.25) is 14.5 Å². The van der Waals surface area contributed by atoms with Crippen molar-refractivity contribution in [3.05, 3.63) is 59.7 Å². The third-order valence-corrected chi connectivity index (χ3v) is 5.95. The summed E-state index contributed by atoms with van der Waals surface area (Å²) in [5, 5.41) is 0. The van der Waals surface area contributed by atoms with Gasteiger partial charge in [0.05, 0.1) is 10.6 Å². The van der Waals surface area contributed by atoms with Crippen molar-refractivity contribution in [2.24, 2.45) is 0 Å². The molecule has 0 unspecified atom stereocenters. The summed E-state index contributed by atoms with van der Waals surface area (Å²) in [5.41, 5.74) is 2.77. The number of hydrogen-bond acceptors (Lipinski definition) is 4. The molecule has 0 radical (unpaired) electrons. The average Bonchev–Trinajstić information content (AvgIpc) is 2.97. The van der Waals surface area contributed by atoms with Gasteiger partial charge >= 0.3 is 0 Å². The van der Waals surface area contributed by atoms with Gasteiger partial charge in [0, 0.05) is 19.4 Å². The first-order valence-electron chi connectivity index (χ1n) is 8.88. The molecule has 1 N–H and O–H groups in total. The van der Waals surface area contributed by atoms with Crippen molar-refractivity contribution in [1.82, 2.24) is 4.72 Å². The highest BCUT2D eigenvalue weighted by Crippen LogP contribution is 2.23. The van der Waals surface area contributed by atoms with Gasteiger partial charge in [-0.05, 0) is 49.6 Å². The fourth-order valence-corrected chi connectivity index (χ4v) is 4.16. The maximum Gasteiger partial charge on any atom is 0.240 e. The van der Waals surface area contributed by atoms with Gasteiger partial charge in [-0.2, -0.15) is 0 Å². The quantitative estimate of drug-likeness (QED) is 0.586. The van der Waals surface area contributed by atoms with E-state index in [4.69, 9.17) is 0 Å². The van der Waals surface area contributed by atoms with Crippen LogP contribution in [0, 0.1) is 6.92 Å². The third kappa shape index (κ3) is 4.61. The van der Waals surface area contributed by atoms with Gasteiger partial charge in [-0.15, -0.1) is 0 Å². The molecule has 2 aromatic rings. The van der Waals surface area contributed by atoms with Gasteiger partial charge in [-0.25, -0.2) is 13.1 Å². The van der Waals surface area contributed by atoms with Gasteiger partial charge in [0.1, 0.15) is 0 Å². The highest BCUT2D eigenvalue weighted by atomic mass is 32.2. The van der Waals surface area contributed by atoms with E-state index in [0.29, 0.717) is 18.7 Å². The Kier molecular flexibility index (Phi) is 5.72. The second kappa shape index (κ2) is 8.02. The Labute approximate surface area is 159 Å². The van der Waals surface area contributed by atoms with Gasteiger partial charge in [0.2, 0.25) is 21.8 Å². The molecule has 1 saturated heterocycles. The first kappa shape index (κ1) is 19.3. The van der Waals surface area contributed by atoms with Crippen molar-refractivity contribution in [2.45, 2.75) is 37.5 Å². The molecule has 2 amide bonds. The molecule has 1 fully saturated rings. The summed E-state index contributed by atoms with van der Waals surface area (Å²) in [5.74, 6) is -0.519. The van der Waals surface area contributed by atoms with E-state index < -0.39 is 10.0 Å². The highest BCUT2D eigenvalue weighted by molar-refractivity contribution is 7.89. The van der Waals surface area contributed by atoms with Crippen LogP contribution in [0.25, 0.3) is 0 Å². The molecule has 142 valence electrons. The minimum Gasteiger partial charge on any atom is -0.274 e. The number of carbonyl (C=O) groups excluding carboxylic acids is 2. The Hall–Kier alpha value is -2.51. The van der Waals surface area contributed by atoms with Crippen LogP contribution in [0.5, 0.6) is 0 Å². The standard InChI is InChI=1S/C20H22N2O4S/c1-15-4-2-5-16(14-15)6-3-13-21-27(25,26)18-9-7-17(8-10-18)22-19(23)11-12-20(22)24/h2,4-5,7-10,14,21H,3,6,11-13H2,1H3. The number of hydrogen-bond donors (Lipinski definition) is 1. The fourth-order valence-electron chi connectivity index (χ4n) is 3.09. The van der Waals surface area contributed by atoms with Crippen LogP contribution < -0.4 is 9.62 Å². The maximum atomic E-state index is 12.4. The van der Waals surface area contributed by atoms with E-state index >= 15 is 0 Å². The fraction of sp³-hybridized carbons (Fsp3) is 0.300. The van der Waals surface area contributed by atoms with Crippen molar-refractivity contribution < 1.29 is 18.0 Å². The van der Waals surface area contributed by atoms with Crippen molar-refractivity contribution in [3.63, 3.8) is 0 Å². The first-order valence-corrected chi connectivity index (χ1v) is 10.4. The Morgan fingerprint density at radius 1 is 1.00 bits per heavy atom. The zero-order valence-corrected chi connectivity index (χ0v) is 16.0. The molecular weight excluding hydrogens is 364 g/mol. The lowest BCUT2D eigenvalue weighted by Crippen LogP contribution is -2.29. The highest BCUT2D eigenvalue weighted by Gasteiger charge is 2.30. The molecule has 0 atom stereocenters. The predicted molar refractivity (Wildman–Crippen MR) is 103 cm³/mol. The molecular formula is C20H22N2O4S. The van der Waals surface area contributed by atoms with Crippen LogP contribution in [0.1, 0.15) is 30.4 Å². The van der Waals surface area contributed by atoms with E-state index in [1.165, 1.54) is 35.4 Å². The van der Waals surface area contributed by atoms with Crippen LogP contribution in [0.3, 0.4) is 0 Å². The van der Waals surface area contributed by atoms with Crippen LogP contribution in [0.2, 0.25) is 0 Å². The zero-order valence-electron chi connectivity index (χ0n) is 15.1. The summed E-state index contributed by atoms with van der Waals surface area (Å²) in [6, 6.07) is 13.9. The summed E-state index contributed by atoms with van der Waals surface area (Å²) < 4.78 is 27.4. The topological polar surface area (TPSA) is 83.6 Å². The number of rotatable bonds is 7. The number of carbonyl (C=O) groups is 2. The molecule has 7 heteroatoms. The predicted octanol–water partition coefficient (Wildman–Crippen LogP) is 2.56.